The maximum atomic E-state index is 10.7. The van der Waals surface area contributed by atoms with E-state index in [0.717, 1.165) is 15.2 Å². The number of rotatable bonds is 1. The van der Waals surface area contributed by atoms with Gasteiger partial charge in [0, 0.05) is 14.1 Å². The fourth-order valence-electron chi connectivity index (χ4n) is 1.24. The van der Waals surface area contributed by atoms with Crippen molar-refractivity contribution < 1.29 is 4.21 Å². The molecule has 0 bridgehead atoms. The number of benzene rings is 2. The third-order valence-electron chi connectivity index (χ3n) is 1.84. The third-order valence-corrected chi connectivity index (χ3v) is 3.00. The van der Waals surface area contributed by atoms with Gasteiger partial charge in [-0.15, -0.1) is 0 Å². The number of fused-ring (bicyclic) bond motifs is 1. The molecule has 0 aromatic heterocycles. The summed E-state index contributed by atoms with van der Waals surface area (Å²) in [5, 5.41) is 2.01. The SMILES string of the molecule is O=[S+]c1[c]cc(Br)c2ccccc12. The van der Waals surface area contributed by atoms with Crippen LogP contribution < -0.4 is 0 Å². The lowest BCUT2D eigenvalue weighted by Crippen LogP contribution is -1.80. The lowest BCUT2D eigenvalue weighted by atomic mass is 10.1. The number of hydrogen-bond donors (Lipinski definition) is 0. The zero-order valence-electron chi connectivity index (χ0n) is 6.58. The summed E-state index contributed by atoms with van der Waals surface area (Å²) in [4.78, 5) is 0.652. The quantitative estimate of drug-likeness (QED) is 0.713. The second-order valence-electron chi connectivity index (χ2n) is 2.59. The van der Waals surface area contributed by atoms with Gasteiger partial charge < -0.3 is 0 Å². The molecule has 13 heavy (non-hydrogen) atoms. The normalized spacial score (nSPS) is 10.2. The van der Waals surface area contributed by atoms with Crippen LogP contribution in [0.5, 0.6) is 0 Å². The van der Waals surface area contributed by atoms with Crippen molar-refractivity contribution in [3.63, 3.8) is 0 Å². The van der Waals surface area contributed by atoms with Gasteiger partial charge in [0.05, 0.1) is 11.5 Å². The molecular formula is C10H5BrOS+. The Morgan fingerprint density at radius 1 is 1.23 bits per heavy atom. The first kappa shape index (κ1) is 8.78. The minimum atomic E-state index is 0.481. The Bertz CT molecular complexity index is 467. The Morgan fingerprint density at radius 3 is 2.62 bits per heavy atom. The first-order valence-corrected chi connectivity index (χ1v) is 5.25. The van der Waals surface area contributed by atoms with Crippen molar-refractivity contribution in [2.75, 3.05) is 0 Å². The van der Waals surface area contributed by atoms with Crippen LogP contribution in [0.4, 0.5) is 0 Å². The Balaban J connectivity index is 2.92. The van der Waals surface area contributed by atoms with Crippen molar-refractivity contribution in [2.24, 2.45) is 0 Å². The largest absolute Gasteiger partial charge is 0.506 e. The fourth-order valence-corrected chi connectivity index (χ4v) is 2.08. The Morgan fingerprint density at radius 2 is 1.92 bits per heavy atom. The summed E-state index contributed by atoms with van der Waals surface area (Å²) in [5.74, 6) is 0. The van der Waals surface area contributed by atoms with E-state index >= 15 is 0 Å². The van der Waals surface area contributed by atoms with E-state index in [1.54, 1.807) is 6.07 Å². The van der Waals surface area contributed by atoms with Gasteiger partial charge in [-0.25, -0.2) is 0 Å². The van der Waals surface area contributed by atoms with Crippen LogP contribution in [0.1, 0.15) is 0 Å². The molecule has 0 saturated heterocycles. The monoisotopic (exact) mass is 252 g/mol. The molecule has 0 unspecified atom stereocenters. The summed E-state index contributed by atoms with van der Waals surface area (Å²) >= 11 is 3.90. The molecule has 3 heteroatoms. The van der Waals surface area contributed by atoms with Gasteiger partial charge in [-0.1, -0.05) is 34.1 Å². The molecule has 0 aliphatic heterocycles. The highest BCUT2D eigenvalue weighted by Gasteiger charge is 2.13. The average Bonchev–Trinajstić information content (AvgIpc) is 2.19. The summed E-state index contributed by atoms with van der Waals surface area (Å²) in [6.45, 7) is 0. The summed E-state index contributed by atoms with van der Waals surface area (Å²) in [6.07, 6.45) is 0. The summed E-state index contributed by atoms with van der Waals surface area (Å²) in [7, 11) is 0. The zero-order valence-corrected chi connectivity index (χ0v) is 8.98. The molecule has 0 atom stereocenters. The maximum absolute atomic E-state index is 10.7. The molecule has 2 aromatic rings. The highest BCUT2D eigenvalue weighted by Crippen LogP contribution is 2.26. The van der Waals surface area contributed by atoms with Gasteiger partial charge in [-0.2, -0.15) is 0 Å². The van der Waals surface area contributed by atoms with Crippen molar-refractivity contribution >= 4 is 38.4 Å². The molecule has 0 saturated carbocycles. The van der Waals surface area contributed by atoms with Crippen LogP contribution in [0.2, 0.25) is 0 Å². The topological polar surface area (TPSA) is 17.1 Å². The summed E-state index contributed by atoms with van der Waals surface area (Å²) < 4.78 is 11.7. The zero-order chi connectivity index (χ0) is 9.26. The van der Waals surface area contributed by atoms with E-state index in [-0.39, 0.29) is 0 Å². The highest BCUT2D eigenvalue weighted by molar-refractivity contribution is 9.10. The smallest absolute Gasteiger partial charge is 0.0616 e. The van der Waals surface area contributed by atoms with Gasteiger partial charge in [0.1, 0.15) is 0 Å². The molecule has 63 valence electrons. The lowest BCUT2D eigenvalue weighted by molar-refractivity contribution is 0.605. The summed E-state index contributed by atoms with van der Waals surface area (Å²) in [6, 6.07) is 12.5. The minimum Gasteiger partial charge on any atom is -0.0616 e. The maximum Gasteiger partial charge on any atom is 0.506 e. The van der Waals surface area contributed by atoms with Crippen LogP contribution in [0.3, 0.4) is 0 Å². The van der Waals surface area contributed by atoms with E-state index < -0.39 is 0 Å². The molecule has 2 aromatic carbocycles. The third kappa shape index (κ3) is 1.49. The van der Waals surface area contributed by atoms with Gasteiger partial charge in [0.15, 0.2) is 0 Å². The van der Waals surface area contributed by atoms with E-state index in [2.05, 4.69) is 22.0 Å². The van der Waals surface area contributed by atoms with Crippen LogP contribution in [-0.4, -0.2) is 0 Å². The Kier molecular flexibility index (Phi) is 2.38. The molecule has 0 heterocycles. The number of halogens is 1. The fraction of sp³-hybridized carbons (Fsp3) is 0. The molecule has 1 radical (unpaired) electrons. The molecule has 0 fully saturated rings. The molecule has 2 rings (SSSR count). The molecular weight excluding hydrogens is 248 g/mol. The Hall–Kier alpha value is -0.800. The summed E-state index contributed by atoms with van der Waals surface area (Å²) in [5.41, 5.74) is 0. The second kappa shape index (κ2) is 3.52. The Labute approximate surface area is 88.4 Å². The van der Waals surface area contributed by atoms with Crippen LogP contribution in [0.25, 0.3) is 10.8 Å². The van der Waals surface area contributed by atoms with Crippen molar-refractivity contribution in [1.82, 2.24) is 0 Å². The standard InChI is InChI=1S/C10H5BrOS/c11-9-5-6-10(13-12)8-4-2-1-3-7(8)9/h1-5H/q+1. The first-order valence-electron chi connectivity index (χ1n) is 3.71. The van der Waals surface area contributed by atoms with Crippen molar-refractivity contribution in [2.45, 2.75) is 4.90 Å². The van der Waals surface area contributed by atoms with Crippen LogP contribution in [0, 0.1) is 6.07 Å². The molecule has 0 aliphatic rings. The molecule has 0 N–H and O–H groups in total. The predicted octanol–water partition coefficient (Wildman–Crippen LogP) is 3.19. The van der Waals surface area contributed by atoms with Gasteiger partial charge >= 0.3 is 16.6 Å². The van der Waals surface area contributed by atoms with Crippen molar-refractivity contribution in [1.29, 1.82) is 0 Å². The molecule has 0 aliphatic carbocycles. The van der Waals surface area contributed by atoms with Gasteiger partial charge in [-0.05, 0) is 12.1 Å². The van der Waals surface area contributed by atoms with Gasteiger partial charge in [0.25, 0.3) is 0 Å². The van der Waals surface area contributed by atoms with E-state index in [1.807, 2.05) is 24.3 Å². The van der Waals surface area contributed by atoms with E-state index in [9.17, 15) is 4.21 Å². The predicted molar refractivity (Wildman–Crippen MR) is 56.8 cm³/mol. The van der Waals surface area contributed by atoms with Gasteiger partial charge in [0.2, 0.25) is 0 Å². The van der Waals surface area contributed by atoms with E-state index in [0.29, 0.717) is 16.6 Å². The van der Waals surface area contributed by atoms with Crippen LogP contribution >= 0.6 is 15.9 Å². The van der Waals surface area contributed by atoms with Crippen LogP contribution in [-0.2, 0) is 15.9 Å². The average molecular weight is 253 g/mol. The highest BCUT2D eigenvalue weighted by atomic mass is 79.9. The lowest BCUT2D eigenvalue weighted by Gasteiger charge is -1.96. The van der Waals surface area contributed by atoms with E-state index in [4.69, 9.17) is 0 Å². The van der Waals surface area contributed by atoms with Gasteiger partial charge in [-0.3, -0.25) is 0 Å². The van der Waals surface area contributed by atoms with E-state index in [1.165, 1.54) is 0 Å². The molecule has 1 nitrogen and oxygen atoms in total. The molecule has 0 amide bonds. The minimum absolute atomic E-state index is 0.481. The number of hydrogen-bond acceptors (Lipinski definition) is 1. The second-order valence-corrected chi connectivity index (χ2v) is 4.02. The molecule has 0 spiro atoms. The van der Waals surface area contributed by atoms with Crippen molar-refractivity contribution in [3.8, 4) is 0 Å². The van der Waals surface area contributed by atoms with Crippen LogP contribution in [0.15, 0.2) is 39.7 Å². The van der Waals surface area contributed by atoms with Crippen molar-refractivity contribution in [3.05, 3.63) is 40.9 Å². The first-order chi connectivity index (χ1) is 6.33.